The third-order valence-electron chi connectivity index (χ3n) is 4.26. The lowest BCUT2D eigenvalue weighted by Gasteiger charge is -2.24. The monoisotopic (exact) mass is 462 g/mol. The van der Waals surface area contributed by atoms with Gasteiger partial charge in [-0.2, -0.15) is 0 Å². The lowest BCUT2D eigenvalue weighted by Crippen LogP contribution is -2.36. The SMILES string of the molecule is CC(C)OC(=O)[C@H](C)NP(=O)(COCCn1cnc2c(N)ncnc21)Oc1ccccc1. The average molecular weight is 462 g/mol. The number of imidazole rings is 1. The van der Waals surface area contributed by atoms with Gasteiger partial charge < -0.3 is 24.3 Å². The minimum absolute atomic E-state index is 0.198. The minimum atomic E-state index is -3.60. The molecule has 3 N–H and O–H groups in total. The molecule has 2 heterocycles. The van der Waals surface area contributed by atoms with Crippen molar-refractivity contribution >= 4 is 30.5 Å². The Kier molecular flexibility index (Phi) is 7.79. The van der Waals surface area contributed by atoms with Crippen LogP contribution >= 0.6 is 7.52 Å². The normalized spacial score (nSPS) is 14.2. The predicted octanol–water partition coefficient (Wildman–Crippen LogP) is 2.58. The molecule has 0 fully saturated rings. The van der Waals surface area contributed by atoms with Gasteiger partial charge in [0.25, 0.3) is 0 Å². The van der Waals surface area contributed by atoms with Crippen molar-refractivity contribution in [2.24, 2.45) is 0 Å². The number of nitrogens with zero attached hydrogens (tertiary/aromatic N) is 4. The fourth-order valence-electron chi connectivity index (χ4n) is 2.83. The van der Waals surface area contributed by atoms with E-state index in [2.05, 4.69) is 20.0 Å². The summed E-state index contributed by atoms with van der Waals surface area (Å²) in [6, 6.07) is 7.83. The van der Waals surface area contributed by atoms with Crippen LogP contribution in [0.4, 0.5) is 5.82 Å². The number of aromatic nitrogens is 4. The summed E-state index contributed by atoms with van der Waals surface area (Å²) in [4.78, 5) is 24.5. The van der Waals surface area contributed by atoms with Crippen molar-refractivity contribution in [2.45, 2.75) is 39.5 Å². The molecule has 1 unspecified atom stereocenters. The Labute approximate surface area is 185 Å². The number of benzene rings is 1. The highest BCUT2D eigenvalue weighted by Gasteiger charge is 2.31. The maximum absolute atomic E-state index is 13.5. The smallest absolute Gasteiger partial charge is 0.342 e. The Balaban J connectivity index is 1.64. The van der Waals surface area contributed by atoms with E-state index in [0.29, 0.717) is 29.3 Å². The molecule has 0 saturated heterocycles. The Morgan fingerprint density at radius 3 is 2.66 bits per heavy atom. The number of hydrogen-bond acceptors (Lipinski definition) is 9. The van der Waals surface area contributed by atoms with Crippen LogP contribution in [0.15, 0.2) is 43.0 Å². The zero-order chi connectivity index (χ0) is 23.1. The number of nitrogen functional groups attached to an aromatic ring is 1. The summed E-state index contributed by atoms with van der Waals surface area (Å²) in [7, 11) is -3.60. The highest BCUT2D eigenvalue weighted by Crippen LogP contribution is 2.43. The molecule has 0 aliphatic carbocycles. The average Bonchev–Trinajstić information content (AvgIpc) is 3.16. The van der Waals surface area contributed by atoms with Gasteiger partial charge >= 0.3 is 13.5 Å². The zero-order valence-corrected chi connectivity index (χ0v) is 19.1. The zero-order valence-electron chi connectivity index (χ0n) is 18.2. The molecule has 1 aromatic carbocycles. The van der Waals surface area contributed by atoms with Crippen LogP contribution in [0.2, 0.25) is 0 Å². The number of carbonyl (C=O) groups excluding carboxylic acids is 1. The van der Waals surface area contributed by atoms with E-state index < -0.39 is 19.5 Å². The van der Waals surface area contributed by atoms with Crippen molar-refractivity contribution in [1.82, 2.24) is 24.6 Å². The van der Waals surface area contributed by atoms with E-state index in [0.717, 1.165) is 0 Å². The topological polar surface area (TPSA) is 143 Å². The van der Waals surface area contributed by atoms with Crippen molar-refractivity contribution in [2.75, 3.05) is 18.7 Å². The molecule has 11 nitrogen and oxygen atoms in total. The molecule has 0 aliphatic heterocycles. The molecule has 2 atom stereocenters. The highest BCUT2D eigenvalue weighted by molar-refractivity contribution is 7.57. The van der Waals surface area contributed by atoms with Gasteiger partial charge in [0, 0.05) is 6.54 Å². The number of ether oxygens (including phenoxy) is 2. The molecule has 2 aromatic heterocycles. The van der Waals surface area contributed by atoms with Gasteiger partial charge in [0.05, 0.1) is 19.0 Å². The number of rotatable bonds is 11. The van der Waals surface area contributed by atoms with Gasteiger partial charge in [-0.1, -0.05) is 18.2 Å². The first kappa shape index (κ1) is 23.6. The Morgan fingerprint density at radius 1 is 1.19 bits per heavy atom. The number of anilines is 1. The van der Waals surface area contributed by atoms with Crippen molar-refractivity contribution < 1.29 is 23.4 Å². The molecule has 0 aliphatic rings. The molecular formula is C20H27N6O5P. The minimum Gasteiger partial charge on any atom is -0.462 e. The van der Waals surface area contributed by atoms with Crippen LogP contribution in [0.1, 0.15) is 20.8 Å². The van der Waals surface area contributed by atoms with E-state index in [9.17, 15) is 9.36 Å². The fourth-order valence-corrected chi connectivity index (χ4v) is 4.54. The molecule has 0 saturated carbocycles. The number of para-hydroxylation sites is 1. The summed E-state index contributed by atoms with van der Waals surface area (Å²) in [5, 5.41) is 2.76. The number of carbonyl (C=O) groups is 1. The van der Waals surface area contributed by atoms with Crippen molar-refractivity contribution in [3.63, 3.8) is 0 Å². The summed E-state index contributed by atoms with van der Waals surface area (Å²) in [6.07, 6.45) is 2.40. The number of nitrogens with two attached hydrogens (primary N) is 1. The summed E-state index contributed by atoms with van der Waals surface area (Å²) in [5.74, 6) is 0.157. The summed E-state index contributed by atoms with van der Waals surface area (Å²) >= 11 is 0. The molecule has 0 amide bonds. The maximum atomic E-state index is 13.5. The predicted molar refractivity (Wildman–Crippen MR) is 119 cm³/mol. The number of hydrogen-bond donors (Lipinski definition) is 2. The molecule has 0 radical (unpaired) electrons. The van der Waals surface area contributed by atoms with E-state index in [-0.39, 0.29) is 19.1 Å². The summed E-state index contributed by atoms with van der Waals surface area (Å²) < 4.78 is 31.8. The van der Waals surface area contributed by atoms with Gasteiger partial charge in [-0.3, -0.25) is 9.36 Å². The molecule has 3 aromatic rings. The second-order valence-electron chi connectivity index (χ2n) is 7.32. The first-order chi connectivity index (χ1) is 15.3. The largest absolute Gasteiger partial charge is 0.462 e. The van der Waals surface area contributed by atoms with Crippen LogP contribution in [0.5, 0.6) is 5.75 Å². The van der Waals surface area contributed by atoms with Crippen LogP contribution < -0.4 is 15.3 Å². The molecule has 12 heteroatoms. The second-order valence-corrected chi connectivity index (χ2v) is 9.37. The maximum Gasteiger partial charge on any atom is 0.342 e. The Hall–Kier alpha value is -3.01. The third-order valence-corrected chi connectivity index (χ3v) is 6.07. The van der Waals surface area contributed by atoms with Gasteiger partial charge in [0.1, 0.15) is 30.0 Å². The Bertz CT molecular complexity index is 1090. The number of esters is 1. The lowest BCUT2D eigenvalue weighted by molar-refractivity contribution is -0.149. The van der Waals surface area contributed by atoms with Gasteiger partial charge in [0.15, 0.2) is 11.5 Å². The fraction of sp³-hybridized carbons (Fsp3) is 0.400. The van der Waals surface area contributed by atoms with Crippen LogP contribution in [-0.4, -0.2) is 50.6 Å². The third kappa shape index (κ3) is 6.25. The van der Waals surface area contributed by atoms with Crippen molar-refractivity contribution in [3.8, 4) is 5.75 Å². The van der Waals surface area contributed by atoms with Crippen LogP contribution in [-0.2, 0) is 25.4 Å². The van der Waals surface area contributed by atoms with Crippen LogP contribution in [0, 0.1) is 0 Å². The number of fused-ring (bicyclic) bond motifs is 1. The molecule has 0 bridgehead atoms. The second kappa shape index (κ2) is 10.5. The van der Waals surface area contributed by atoms with Gasteiger partial charge in [-0.05, 0) is 32.9 Å². The van der Waals surface area contributed by atoms with E-state index in [1.807, 2.05) is 6.07 Å². The van der Waals surface area contributed by atoms with Gasteiger partial charge in [-0.15, -0.1) is 0 Å². The van der Waals surface area contributed by atoms with Crippen molar-refractivity contribution in [3.05, 3.63) is 43.0 Å². The lowest BCUT2D eigenvalue weighted by atomic mass is 10.3. The van der Waals surface area contributed by atoms with Gasteiger partial charge in [0.2, 0.25) is 0 Å². The Morgan fingerprint density at radius 2 is 1.94 bits per heavy atom. The summed E-state index contributed by atoms with van der Waals surface area (Å²) in [5.41, 5.74) is 6.88. The van der Waals surface area contributed by atoms with Crippen molar-refractivity contribution in [1.29, 1.82) is 0 Å². The van der Waals surface area contributed by atoms with E-state index >= 15 is 0 Å². The highest BCUT2D eigenvalue weighted by atomic mass is 31.2. The standard InChI is InChI=1S/C20H27N6O5P/c1-14(2)30-20(27)15(3)25-32(28,31-16-7-5-4-6-8-16)13-29-10-9-26-12-24-17-18(21)22-11-23-19(17)26/h4-8,11-12,14-15H,9-10,13H2,1-3H3,(H,25,28)(H2,21,22,23)/t15-,32?/m0/s1. The quantitative estimate of drug-likeness (QED) is 0.248. The first-order valence-corrected chi connectivity index (χ1v) is 11.9. The first-order valence-electron chi connectivity index (χ1n) is 10.1. The molecule has 3 rings (SSSR count). The van der Waals surface area contributed by atoms with E-state index in [4.69, 9.17) is 19.7 Å². The van der Waals surface area contributed by atoms with E-state index in [1.165, 1.54) is 6.33 Å². The summed E-state index contributed by atoms with van der Waals surface area (Å²) in [6.45, 7) is 5.64. The number of nitrogens with one attached hydrogen (secondary N) is 1. The molecule has 0 spiro atoms. The molecule has 172 valence electrons. The van der Waals surface area contributed by atoms with Crippen LogP contribution in [0.25, 0.3) is 11.2 Å². The van der Waals surface area contributed by atoms with Crippen LogP contribution in [0.3, 0.4) is 0 Å². The molecular weight excluding hydrogens is 435 g/mol. The molecule has 32 heavy (non-hydrogen) atoms. The van der Waals surface area contributed by atoms with E-state index in [1.54, 1.807) is 55.9 Å². The van der Waals surface area contributed by atoms with Gasteiger partial charge in [-0.25, -0.2) is 20.0 Å².